The van der Waals surface area contributed by atoms with Crippen molar-refractivity contribution in [1.29, 1.82) is 5.26 Å². The first-order valence-corrected chi connectivity index (χ1v) is 11.1. The molecule has 2 aromatic carbocycles. The molecular weight excluding hydrogens is 432 g/mol. The lowest BCUT2D eigenvalue weighted by atomic mass is 10.2. The van der Waals surface area contributed by atoms with Crippen LogP contribution in [0.15, 0.2) is 64.0 Å². The van der Waals surface area contributed by atoms with Gasteiger partial charge in [-0.3, -0.25) is 14.2 Å². The Morgan fingerprint density at radius 1 is 1.16 bits per heavy atom. The molecule has 0 aliphatic carbocycles. The van der Waals surface area contributed by atoms with Gasteiger partial charge in [-0.05, 0) is 29.8 Å². The van der Waals surface area contributed by atoms with Gasteiger partial charge in [0.25, 0.3) is 5.56 Å². The zero-order valence-corrected chi connectivity index (χ0v) is 17.8. The Hall–Kier alpha value is -3.55. The fourth-order valence-corrected chi connectivity index (χ4v) is 4.53. The third-order valence-corrected chi connectivity index (χ3v) is 6.45. The number of para-hydroxylation sites is 1. The molecule has 0 unspecified atom stereocenters. The van der Waals surface area contributed by atoms with Crippen molar-refractivity contribution in [2.24, 2.45) is 0 Å². The first-order chi connectivity index (χ1) is 15.1. The van der Waals surface area contributed by atoms with Crippen LogP contribution in [0.3, 0.4) is 0 Å². The molecule has 0 atom stereocenters. The highest BCUT2D eigenvalue weighted by Crippen LogP contribution is 2.28. The Morgan fingerprint density at radius 2 is 1.97 bits per heavy atom. The van der Waals surface area contributed by atoms with E-state index in [2.05, 4.69) is 26.6 Å². The van der Waals surface area contributed by atoms with Crippen LogP contribution in [0.2, 0.25) is 0 Å². The van der Waals surface area contributed by atoms with Crippen LogP contribution in [0.4, 0.5) is 5.13 Å². The minimum atomic E-state index is -0.250. The summed E-state index contributed by atoms with van der Waals surface area (Å²) in [6.45, 7) is 0.224. The predicted octanol–water partition coefficient (Wildman–Crippen LogP) is 3.44. The normalized spacial score (nSPS) is 10.7. The highest BCUT2D eigenvalue weighted by Gasteiger charge is 2.10. The number of benzene rings is 2. The van der Waals surface area contributed by atoms with E-state index in [1.54, 1.807) is 30.3 Å². The summed E-state index contributed by atoms with van der Waals surface area (Å²) in [5, 5.41) is 20.6. The number of carbonyl (C=O) groups is 1. The standard InChI is InChI=1S/C21H16N6O2S2/c22-11-14-5-7-15(8-6-14)12-30-21-26-25-20(31-21)24-18(28)9-10-27-13-23-17-4-2-1-3-16(17)19(27)29/h1-8,13H,9-10,12H2,(H,24,25,28). The van der Waals surface area contributed by atoms with Crippen molar-refractivity contribution in [1.82, 2.24) is 19.7 Å². The van der Waals surface area contributed by atoms with Crippen molar-refractivity contribution in [2.45, 2.75) is 23.1 Å². The lowest BCUT2D eigenvalue weighted by Gasteiger charge is -2.06. The summed E-state index contributed by atoms with van der Waals surface area (Å²) in [4.78, 5) is 29.0. The van der Waals surface area contributed by atoms with Crippen LogP contribution in [-0.2, 0) is 17.1 Å². The maximum atomic E-state index is 12.5. The number of carbonyl (C=O) groups excluding carboxylic acids is 1. The minimum absolute atomic E-state index is 0.118. The fourth-order valence-electron chi connectivity index (χ4n) is 2.81. The number of aryl methyl sites for hydroxylation is 1. The molecule has 4 rings (SSSR count). The Kier molecular flexibility index (Phi) is 6.35. The van der Waals surface area contributed by atoms with E-state index in [0.717, 1.165) is 9.90 Å². The number of fused-ring (bicyclic) bond motifs is 1. The molecule has 0 saturated carbocycles. The van der Waals surface area contributed by atoms with Crippen LogP contribution in [0.1, 0.15) is 17.5 Å². The van der Waals surface area contributed by atoms with Crippen LogP contribution in [0.25, 0.3) is 10.9 Å². The number of nitriles is 1. The SMILES string of the molecule is N#Cc1ccc(CSc2nnc(NC(=O)CCn3cnc4ccccc4c3=O)s2)cc1. The first-order valence-electron chi connectivity index (χ1n) is 9.32. The molecule has 0 saturated heterocycles. The number of hydrogen-bond acceptors (Lipinski definition) is 8. The second-order valence-corrected chi connectivity index (χ2v) is 8.73. The summed E-state index contributed by atoms with van der Waals surface area (Å²) < 4.78 is 2.16. The summed E-state index contributed by atoms with van der Waals surface area (Å²) >= 11 is 2.80. The van der Waals surface area contributed by atoms with Crippen molar-refractivity contribution in [3.63, 3.8) is 0 Å². The molecule has 2 heterocycles. The van der Waals surface area contributed by atoms with Gasteiger partial charge >= 0.3 is 0 Å². The molecule has 1 amide bonds. The number of nitrogens with zero attached hydrogens (tertiary/aromatic N) is 5. The third kappa shape index (κ3) is 5.14. The highest BCUT2D eigenvalue weighted by atomic mass is 32.2. The fraction of sp³-hybridized carbons (Fsp3) is 0.143. The molecule has 31 heavy (non-hydrogen) atoms. The van der Waals surface area contributed by atoms with E-state index in [9.17, 15) is 9.59 Å². The molecule has 4 aromatic rings. The molecule has 0 aliphatic heterocycles. The molecule has 2 aromatic heterocycles. The maximum Gasteiger partial charge on any atom is 0.261 e. The predicted molar refractivity (Wildman–Crippen MR) is 120 cm³/mol. The lowest BCUT2D eigenvalue weighted by Crippen LogP contribution is -2.23. The van der Waals surface area contributed by atoms with E-state index in [0.29, 0.717) is 27.4 Å². The lowest BCUT2D eigenvalue weighted by molar-refractivity contribution is -0.116. The molecule has 0 radical (unpaired) electrons. The van der Waals surface area contributed by atoms with Crippen molar-refractivity contribution < 1.29 is 4.79 Å². The zero-order valence-electron chi connectivity index (χ0n) is 16.2. The average Bonchev–Trinajstić information content (AvgIpc) is 3.25. The first kappa shape index (κ1) is 20.7. The highest BCUT2D eigenvalue weighted by molar-refractivity contribution is 8.00. The van der Waals surface area contributed by atoms with Gasteiger partial charge in [0.2, 0.25) is 11.0 Å². The van der Waals surface area contributed by atoms with Gasteiger partial charge in [0.05, 0.1) is 28.9 Å². The van der Waals surface area contributed by atoms with E-state index in [-0.39, 0.29) is 24.4 Å². The van der Waals surface area contributed by atoms with Crippen LogP contribution < -0.4 is 10.9 Å². The van der Waals surface area contributed by atoms with Gasteiger partial charge in [-0.2, -0.15) is 5.26 Å². The molecule has 0 spiro atoms. The number of rotatable bonds is 7. The van der Waals surface area contributed by atoms with E-state index in [4.69, 9.17) is 5.26 Å². The molecule has 0 fully saturated rings. The minimum Gasteiger partial charge on any atom is -0.300 e. The quantitative estimate of drug-likeness (QED) is 0.340. The number of nitrogens with one attached hydrogen (secondary N) is 1. The van der Waals surface area contributed by atoms with Crippen molar-refractivity contribution in [3.05, 3.63) is 76.3 Å². The molecular formula is C21H16N6O2S2. The molecule has 8 nitrogen and oxygen atoms in total. The summed E-state index contributed by atoms with van der Waals surface area (Å²) in [6, 6.07) is 16.6. The van der Waals surface area contributed by atoms with Gasteiger partial charge in [-0.1, -0.05) is 47.4 Å². The molecule has 10 heteroatoms. The Morgan fingerprint density at radius 3 is 2.77 bits per heavy atom. The van der Waals surface area contributed by atoms with Crippen LogP contribution in [0.5, 0.6) is 0 Å². The van der Waals surface area contributed by atoms with Gasteiger partial charge in [0, 0.05) is 18.7 Å². The molecule has 0 aliphatic rings. The van der Waals surface area contributed by atoms with Crippen molar-refractivity contribution >= 4 is 45.0 Å². The van der Waals surface area contributed by atoms with E-state index in [1.807, 2.05) is 18.2 Å². The number of amides is 1. The Bertz CT molecular complexity index is 1320. The zero-order chi connectivity index (χ0) is 21.6. The van der Waals surface area contributed by atoms with Gasteiger partial charge < -0.3 is 5.32 Å². The largest absolute Gasteiger partial charge is 0.300 e. The number of aromatic nitrogens is 4. The Labute approximate surface area is 185 Å². The smallest absolute Gasteiger partial charge is 0.261 e. The van der Waals surface area contributed by atoms with Crippen LogP contribution in [0, 0.1) is 11.3 Å². The second kappa shape index (κ2) is 9.51. The summed E-state index contributed by atoms with van der Waals surface area (Å²) in [5.74, 6) is 0.437. The molecule has 1 N–H and O–H groups in total. The Balaban J connectivity index is 1.30. The van der Waals surface area contributed by atoms with E-state index < -0.39 is 0 Å². The molecule has 154 valence electrons. The van der Waals surface area contributed by atoms with E-state index >= 15 is 0 Å². The van der Waals surface area contributed by atoms with Gasteiger partial charge in [-0.25, -0.2) is 4.98 Å². The van der Waals surface area contributed by atoms with Crippen molar-refractivity contribution in [2.75, 3.05) is 5.32 Å². The average molecular weight is 449 g/mol. The number of hydrogen-bond donors (Lipinski definition) is 1. The summed E-state index contributed by atoms with van der Waals surface area (Å²) in [6.07, 6.45) is 1.58. The van der Waals surface area contributed by atoms with Crippen LogP contribution >= 0.6 is 23.1 Å². The van der Waals surface area contributed by atoms with Gasteiger partial charge in [-0.15, -0.1) is 10.2 Å². The topological polar surface area (TPSA) is 114 Å². The third-order valence-electron chi connectivity index (χ3n) is 4.41. The monoisotopic (exact) mass is 448 g/mol. The summed E-state index contributed by atoms with van der Waals surface area (Å²) in [5.41, 5.74) is 2.15. The van der Waals surface area contributed by atoms with Crippen molar-refractivity contribution in [3.8, 4) is 6.07 Å². The van der Waals surface area contributed by atoms with Gasteiger partial charge in [0.15, 0.2) is 4.34 Å². The number of thioether (sulfide) groups is 1. The maximum absolute atomic E-state index is 12.5. The van der Waals surface area contributed by atoms with E-state index in [1.165, 1.54) is 34.0 Å². The van der Waals surface area contributed by atoms with Gasteiger partial charge in [0.1, 0.15) is 0 Å². The van der Waals surface area contributed by atoms with Crippen LogP contribution in [-0.4, -0.2) is 25.7 Å². The number of anilines is 1. The molecule has 0 bridgehead atoms. The summed E-state index contributed by atoms with van der Waals surface area (Å²) in [7, 11) is 0. The second-order valence-electron chi connectivity index (χ2n) is 6.53.